The van der Waals surface area contributed by atoms with E-state index in [9.17, 15) is 15.2 Å². The van der Waals surface area contributed by atoms with Crippen molar-refractivity contribution in [1.82, 2.24) is 0 Å². The van der Waals surface area contributed by atoms with Gasteiger partial charge in [0, 0.05) is 41.1 Å². The molecule has 152 valence electrons. The van der Waals surface area contributed by atoms with Crippen LogP contribution in [0.3, 0.4) is 0 Å². The molecular formula is C22H20N3O4S+. The summed E-state index contributed by atoms with van der Waals surface area (Å²) in [6, 6.07) is 16.7. The van der Waals surface area contributed by atoms with Gasteiger partial charge in [-0.15, -0.1) is 0 Å². The first-order valence-corrected chi connectivity index (χ1v) is 9.41. The zero-order valence-corrected chi connectivity index (χ0v) is 17.2. The van der Waals surface area contributed by atoms with Crippen LogP contribution in [0.25, 0.3) is 11.5 Å². The molecule has 0 saturated heterocycles. The van der Waals surface area contributed by atoms with Crippen molar-refractivity contribution >= 4 is 40.0 Å². The van der Waals surface area contributed by atoms with Crippen molar-refractivity contribution in [2.75, 3.05) is 12.4 Å². The first-order chi connectivity index (χ1) is 14.4. The van der Waals surface area contributed by atoms with Crippen LogP contribution in [0, 0.1) is 17.0 Å². The second kappa shape index (κ2) is 9.15. The third-order valence-corrected chi connectivity index (χ3v) is 4.62. The number of benzene rings is 2. The van der Waals surface area contributed by atoms with Gasteiger partial charge in [-0.05, 0) is 37.3 Å². The minimum atomic E-state index is -0.490. The van der Waals surface area contributed by atoms with Crippen LogP contribution in [0.2, 0.25) is 0 Å². The molecular weight excluding hydrogens is 402 g/mol. The maximum absolute atomic E-state index is 11.0. The standard InChI is InChI=1S/C22H19N3O4S/c1-15-5-4-12-24(14-15)20(21(26)16-8-10-18(11-9-16)25(27)28)22(30)23-17-6-3-7-19(13-17)29-2/h3-14H,1-2H3,(H-,23,26,30)/p+1. The van der Waals surface area contributed by atoms with Crippen LogP contribution in [0.4, 0.5) is 11.4 Å². The molecule has 0 aliphatic carbocycles. The summed E-state index contributed by atoms with van der Waals surface area (Å²) in [6.45, 7) is 1.93. The molecule has 0 saturated carbocycles. The predicted molar refractivity (Wildman–Crippen MR) is 119 cm³/mol. The van der Waals surface area contributed by atoms with Gasteiger partial charge in [0.15, 0.2) is 23.1 Å². The summed E-state index contributed by atoms with van der Waals surface area (Å²) in [5, 5.41) is 25.1. The fourth-order valence-corrected chi connectivity index (χ4v) is 3.17. The Balaban J connectivity index is 2.06. The molecule has 0 amide bonds. The van der Waals surface area contributed by atoms with E-state index in [4.69, 9.17) is 17.0 Å². The largest absolute Gasteiger partial charge is 0.502 e. The van der Waals surface area contributed by atoms with E-state index in [1.165, 1.54) is 24.3 Å². The second-order valence-electron chi connectivity index (χ2n) is 6.48. The molecule has 2 N–H and O–H groups in total. The normalized spacial score (nSPS) is 11.4. The van der Waals surface area contributed by atoms with Gasteiger partial charge >= 0.3 is 0 Å². The molecule has 1 aromatic heterocycles. The highest BCUT2D eigenvalue weighted by Crippen LogP contribution is 2.23. The average molecular weight is 422 g/mol. The van der Waals surface area contributed by atoms with Crippen molar-refractivity contribution in [2.45, 2.75) is 6.92 Å². The van der Waals surface area contributed by atoms with E-state index < -0.39 is 4.92 Å². The number of nitrogens with zero attached hydrogens (tertiary/aromatic N) is 2. The highest BCUT2D eigenvalue weighted by Gasteiger charge is 2.24. The fourth-order valence-electron chi connectivity index (χ4n) is 2.85. The smallest absolute Gasteiger partial charge is 0.288 e. The van der Waals surface area contributed by atoms with E-state index >= 15 is 0 Å². The number of aliphatic hydroxyl groups excluding tert-OH is 1. The highest BCUT2D eigenvalue weighted by molar-refractivity contribution is 7.81. The molecule has 0 aliphatic rings. The molecule has 2 aromatic carbocycles. The number of hydrogen-bond donors (Lipinski definition) is 2. The monoisotopic (exact) mass is 422 g/mol. The Bertz CT molecular complexity index is 1130. The zero-order valence-electron chi connectivity index (χ0n) is 16.4. The molecule has 0 bridgehead atoms. The van der Waals surface area contributed by atoms with Crippen molar-refractivity contribution in [3.63, 3.8) is 0 Å². The SMILES string of the molecule is COc1cccc(NC(=S)C(=C(O)c2ccc([N+](=O)[O-])cc2)[n+]2cccc(C)c2)c1. The van der Waals surface area contributed by atoms with E-state index in [1.54, 1.807) is 23.9 Å². The molecule has 0 unspecified atom stereocenters. The third-order valence-electron chi connectivity index (χ3n) is 4.33. The zero-order chi connectivity index (χ0) is 21.7. The summed E-state index contributed by atoms with van der Waals surface area (Å²) in [4.78, 5) is 10.7. The molecule has 1 heterocycles. The van der Waals surface area contributed by atoms with Gasteiger partial charge in [0.05, 0.1) is 12.0 Å². The number of methoxy groups -OCH3 is 1. The van der Waals surface area contributed by atoms with Crippen LogP contribution in [0.15, 0.2) is 73.1 Å². The van der Waals surface area contributed by atoms with Crippen molar-refractivity contribution in [1.29, 1.82) is 0 Å². The van der Waals surface area contributed by atoms with E-state index in [1.807, 2.05) is 43.5 Å². The summed E-state index contributed by atoms with van der Waals surface area (Å²) in [5.41, 5.74) is 2.34. The van der Waals surface area contributed by atoms with Crippen LogP contribution in [0.1, 0.15) is 11.1 Å². The van der Waals surface area contributed by atoms with Crippen molar-refractivity contribution in [3.8, 4) is 5.75 Å². The first-order valence-electron chi connectivity index (χ1n) is 9.01. The number of aromatic nitrogens is 1. The summed E-state index contributed by atoms with van der Waals surface area (Å²) in [6.07, 6.45) is 3.60. The Morgan fingerprint density at radius 1 is 1.17 bits per heavy atom. The number of anilines is 1. The molecule has 0 atom stereocenters. The molecule has 3 rings (SSSR count). The Labute approximate surface area is 179 Å². The Morgan fingerprint density at radius 2 is 1.90 bits per heavy atom. The summed E-state index contributed by atoms with van der Waals surface area (Å²) in [7, 11) is 1.58. The first kappa shape index (κ1) is 20.9. The lowest BCUT2D eigenvalue weighted by molar-refractivity contribution is -0.576. The van der Waals surface area contributed by atoms with Crippen molar-refractivity contribution in [2.24, 2.45) is 0 Å². The predicted octanol–water partition coefficient (Wildman–Crippen LogP) is 4.52. The lowest BCUT2D eigenvalue weighted by Crippen LogP contribution is -2.38. The average Bonchev–Trinajstić information content (AvgIpc) is 2.74. The van der Waals surface area contributed by atoms with Gasteiger partial charge in [0.1, 0.15) is 5.75 Å². The topological polar surface area (TPSA) is 88.5 Å². The number of aliphatic hydroxyl groups is 1. The lowest BCUT2D eigenvalue weighted by atomic mass is 10.1. The maximum Gasteiger partial charge on any atom is 0.288 e. The van der Waals surface area contributed by atoms with Gasteiger partial charge in [-0.1, -0.05) is 18.3 Å². The lowest BCUT2D eigenvalue weighted by Gasteiger charge is -2.11. The summed E-state index contributed by atoms with van der Waals surface area (Å²) >= 11 is 5.61. The number of pyridine rings is 1. The van der Waals surface area contributed by atoms with Gasteiger partial charge in [-0.25, -0.2) is 0 Å². The van der Waals surface area contributed by atoms with Crippen LogP contribution >= 0.6 is 12.2 Å². The van der Waals surface area contributed by atoms with Gasteiger partial charge in [0.2, 0.25) is 0 Å². The number of nitro groups is 1. The molecule has 0 spiro atoms. The number of rotatable bonds is 6. The van der Waals surface area contributed by atoms with E-state index in [2.05, 4.69) is 5.32 Å². The minimum absolute atomic E-state index is 0.0617. The molecule has 8 heteroatoms. The Morgan fingerprint density at radius 3 is 2.53 bits per heavy atom. The molecule has 30 heavy (non-hydrogen) atoms. The second-order valence-corrected chi connectivity index (χ2v) is 6.88. The molecule has 3 aromatic rings. The van der Waals surface area contributed by atoms with Gasteiger partial charge in [-0.3, -0.25) is 10.1 Å². The number of hydrogen-bond acceptors (Lipinski definition) is 5. The Hall–Kier alpha value is -3.78. The number of nitro benzene ring substituents is 1. The minimum Gasteiger partial charge on any atom is -0.502 e. The molecule has 0 fully saturated rings. The Kier molecular flexibility index (Phi) is 6.38. The van der Waals surface area contributed by atoms with E-state index in [0.29, 0.717) is 22.7 Å². The van der Waals surface area contributed by atoms with Crippen LogP contribution < -0.4 is 14.6 Å². The van der Waals surface area contributed by atoms with Crippen molar-refractivity contribution < 1.29 is 19.3 Å². The van der Waals surface area contributed by atoms with Crippen LogP contribution in [0.5, 0.6) is 5.75 Å². The molecule has 7 nitrogen and oxygen atoms in total. The third kappa shape index (κ3) is 4.79. The number of non-ortho nitro benzene ring substituents is 1. The number of aryl methyl sites for hydroxylation is 1. The van der Waals surface area contributed by atoms with E-state index in [-0.39, 0.29) is 16.4 Å². The maximum atomic E-state index is 11.0. The quantitative estimate of drug-likeness (QED) is 0.152. The summed E-state index contributed by atoms with van der Waals surface area (Å²) < 4.78 is 6.95. The van der Waals surface area contributed by atoms with Crippen molar-refractivity contribution in [3.05, 3.63) is 94.3 Å². The van der Waals surface area contributed by atoms with Gasteiger partial charge in [-0.2, -0.15) is 4.57 Å². The van der Waals surface area contributed by atoms with Crippen LogP contribution in [-0.2, 0) is 0 Å². The number of thiocarbonyl (C=S) groups is 1. The fraction of sp³-hybridized carbons (Fsp3) is 0.0909. The highest BCUT2D eigenvalue weighted by atomic mass is 32.1. The number of ether oxygens (including phenoxy) is 1. The summed E-state index contributed by atoms with van der Waals surface area (Å²) in [5.74, 6) is 0.553. The van der Waals surface area contributed by atoms with Gasteiger partial charge in [0.25, 0.3) is 11.4 Å². The molecule has 0 aliphatic heterocycles. The van der Waals surface area contributed by atoms with E-state index in [0.717, 1.165) is 5.56 Å². The van der Waals surface area contributed by atoms with Crippen LogP contribution in [-0.4, -0.2) is 22.1 Å². The van der Waals surface area contributed by atoms with Gasteiger partial charge < -0.3 is 15.2 Å². The molecule has 0 radical (unpaired) electrons. The number of nitrogens with one attached hydrogen (secondary N) is 1.